The molecule has 2 aliphatic rings. The smallest absolute Gasteiger partial charge is 0.214 e. The highest BCUT2D eigenvalue weighted by atomic mass is 32.2. The molecule has 0 aromatic rings. The van der Waals surface area contributed by atoms with Crippen molar-refractivity contribution in [1.29, 1.82) is 0 Å². The molecule has 0 amide bonds. The van der Waals surface area contributed by atoms with Crippen LogP contribution in [0.25, 0.3) is 0 Å². The molecule has 1 N–H and O–H groups in total. The molecule has 0 saturated carbocycles. The molecule has 0 unspecified atom stereocenters. The monoisotopic (exact) mass is 204 g/mol. The van der Waals surface area contributed by atoms with Gasteiger partial charge in [-0.05, 0) is 6.42 Å². The van der Waals surface area contributed by atoms with Crippen LogP contribution in [-0.4, -0.2) is 44.7 Å². The summed E-state index contributed by atoms with van der Waals surface area (Å²) in [6.07, 6.45) is 0.712. The predicted molar refractivity (Wildman–Crippen MR) is 51.0 cm³/mol. The first kappa shape index (κ1) is 9.43. The van der Waals surface area contributed by atoms with Crippen molar-refractivity contribution in [3.8, 4) is 0 Å². The molecular formula is C8H16N2O2S. The maximum Gasteiger partial charge on any atom is 0.214 e. The van der Waals surface area contributed by atoms with Crippen LogP contribution in [0.15, 0.2) is 0 Å². The first-order valence-corrected chi connectivity index (χ1v) is 6.37. The van der Waals surface area contributed by atoms with Crippen molar-refractivity contribution in [1.82, 2.24) is 9.62 Å². The van der Waals surface area contributed by atoms with Gasteiger partial charge in [0.05, 0.1) is 5.75 Å². The van der Waals surface area contributed by atoms with E-state index in [1.165, 1.54) is 0 Å². The van der Waals surface area contributed by atoms with Crippen molar-refractivity contribution < 1.29 is 8.42 Å². The highest BCUT2D eigenvalue weighted by Gasteiger charge is 2.51. The Morgan fingerprint density at radius 3 is 2.38 bits per heavy atom. The molecule has 0 atom stereocenters. The van der Waals surface area contributed by atoms with Crippen LogP contribution in [-0.2, 0) is 10.0 Å². The fourth-order valence-electron chi connectivity index (χ4n) is 1.99. The molecule has 2 heterocycles. The van der Waals surface area contributed by atoms with Gasteiger partial charge < -0.3 is 5.32 Å². The summed E-state index contributed by atoms with van der Waals surface area (Å²) in [5.74, 6) is 0.302. The Kier molecular flexibility index (Phi) is 2.13. The van der Waals surface area contributed by atoms with E-state index in [0.29, 0.717) is 17.6 Å². The SMILES string of the molecule is CCCS(=O)(=O)N1CC2(CNC2)C1. The van der Waals surface area contributed by atoms with Gasteiger partial charge in [0, 0.05) is 31.6 Å². The average molecular weight is 204 g/mol. The number of sulfonamides is 1. The summed E-state index contributed by atoms with van der Waals surface area (Å²) in [6.45, 7) is 5.36. The Bertz CT molecular complexity index is 287. The van der Waals surface area contributed by atoms with E-state index in [2.05, 4.69) is 5.32 Å². The highest BCUT2D eigenvalue weighted by Crippen LogP contribution is 2.35. The van der Waals surface area contributed by atoms with E-state index in [0.717, 1.165) is 26.2 Å². The summed E-state index contributed by atoms with van der Waals surface area (Å²) >= 11 is 0. The molecule has 2 fully saturated rings. The molecule has 76 valence electrons. The first-order valence-electron chi connectivity index (χ1n) is 4.77. The van der Waals surface area contributed by atoms with E-state index in [-0.39, 0.29) is 0 Å². The Balaban J connectivity index is 1.91. The fourth-order valence-corrected chi connectivity index (χ4v) is 3.70. The molecule has 0 radical (unpaired) electrons. The summed E-state index contributed by atoms with van der Waals surface area (Å²) in [5.41, 5.74) is 0.306. The number of nitrogens with zero attached hydrogens (tertiary/aromatic N) is 1. The lowest BCUT2D eigenvalue weighted by Gasteiger charge is -2.55. The van der Waals surface area contributed by atoms with Gasteiger partial charge in [0.15, 0.2) is 0 Å². The van der Waals surface area contributed by atoms with Gasteiger partial charge in [-0.2, -0.15) is 0 Å². The molecule has 2 rings (SSSR count). The van der Waals surface area contributed by atoms with Crippen LogP contribution < -0.4 is 5.32 Å². The zero-order chi connectivity index (χ0) is 9.53. The number of rotatable bonds is 3. The van der Waals surface area contributed by atoms with Crippen LogP contribution in [0.2, 0.25) is 0 Å². The van der Waals surface area contributed by atoms with E-state index < -0.39 is 10.0 Å². The van der Waals surface area contributed by atoms with E-state index in [9.17, 15) is 8.42 Å². The molecule has 0 aromatic heterocycles. The number of nitrogens with one attached hydrogen (secondary N) is 1. The van der Waals surface area contributed by atoms with Gasteiger partial charge in [0.1, 0.15) is 0 Å². The van der Waals surface area contributed by atoms with Crippen LogP contribution in [0.5, 0.6) is 0 Å². The van der Waals surface area contributed by atoms with Crippen LogP contribution in [0.3, 0.4) is 0 Å². The average Bonchev–Trinajstić information content (AvgIpc) is 1.78. The highest BCUT2D eigenvalue weighted by molar-refractivity contribution is 7.89. The molecule has 2 aliphatic heterocycles. The maximum absolute atomic E-state index is 11.5. The van der Waals surface area contributed by atoms with Gasteiger partial charge in [0.25, 0.3) is 0 Å². The van der Waals surface area contributed by atoms with Gasteiger partial charge in [-0.1, -0.05) is 6.92 Å². The van der Waals surface area contributed by atoms with E-state index in [1.54, 1.807) is 4.31 Å². The van der Waals surface area contributed by atoms with Crippen molar-refractivity contribution in [2.75, 3.05) is 31.9 Å². The molecular weight excluding hydrogens is 188 g/mol. The third kappa shape index (κ3) is 1.49. The lowest BCUT2D eigenvalue weighted by atomic mass is 9.76. The van der Waals surface area contributed by atoms with E-state index in [1.807, 2.05) is 6.92 Å². The molecule has 4 nitrogen and oxygen atoms in total. The van der Waals surface area contributed by atoms with E-state index in [4.69, 9.17) is 0 Å². The Morgan fingerprint density at radius 1 is 1.38 bits per heavy atom. The Hall–Kier alpha value is -0.130. The third-order valence-electron chi connectivity index (χ3n) is 2.88. The molecule has 0 aliphatic carbocycles. The van der Waals surface area contributed by atoms with Gasteiger partial charge >= 0.3 is 0 Å². The van der Waals surface area contributed by atoms with Crippen LogP contribution in [0, 0.1) is 5.41 Å². The molecule has 1 spiro atoms. The van der Waals surface area contributed by atoms with Gasteiger partial charge in [-0.15, -0.1) is 0 Å². The second kappa shape index (κ2) is 2.93. The Labute approximate surface area is 79.4 Å². The second-order valence-electron chi connectivity index (χ2n) is 4.19. The van der Waals surface area contributed by atoms with Crippen molar-refractivity contribution >= 4 is 10.0 Å². The predicted octanol–water partition coefficient (Wildman–Crippen LogP) is -0.369. The van der Waals surface area contributed by atoms with Gasteiger partial charge in [-0.3, -0.25) is 0 Å². The Morgan fingerprint density at radius 2 is 2.00 bits per heavy atom. The summed E-state index contributed by atoms with van der Waals surface area (Å²) in [4.78, 5) is 0. The minimum absolute atomic E-state index is 0.302. The molecule has 2 saturated heterocycles. The van der Waals surface area contributed by atoms with Gasteiger partial charge in [-0.25, -0.2) is 12.7 Å². The molecule has 5 heteroatoms. The molecule has 0 aromatic carbocycles. The zero-order valence-corrected chi connectivity index (χ0v) is 8.73. The normalized spacial score (nSPS) is 26.8. The minimum Gasteiger partial charge on any atom is -0.315 e. The first-order chi connectivity index (χ1) is 6.08. The minimum atomic E-state index is -2.92. The van der Waals surface area contributed by atoms with Crippen molar-refractivity contribution in [3.05, 3.63) is 0 Å². The molecule has 13 heavy (non-hydrogen) atoms. The molecule has 0 bridgehead atoms. The maximum atomic E-state index is 11.5. The summed E-state index contributed by atoms with van der Waals surface area (Å²) in [5, 5.41) is 3.19. The second-order valence-corrected chi connectivity index (χ2v) is 6.28. The third-order valence-corrected chi connectivity index (χ3v) is 4.85. The number of hydrogen-bond donors (Lipinski definition) is 1. The van der Waals surface area contributed by atoms with Crippen LogP contribution in [0.4, 0.5) is 0 Å². The summed E-state index contributed by atoms with van der Waals surface area (Å²) < 4.78 is 24.7. The van der Waals surface area contributed by atoms with Gasteiger partial charge in [0.2, 0.25) is 10.0 Å². The van der Waals surface area contributed by atoms with Crippen LogP contribution >= 0.6 is 0 Å². The zero-order valence-electron chi connectivity index (χ0n) is 7.91. The lowest BCUT2D eigenvalue weighted by molar-refractivity contribution is 0.0165. The van der Waals surface area contributed by atoms with E-state index >= 15 is 0 Å². The van der Waals surface area contributed by atoms with Crippen molar-refractivity contribution in [3.63, 3.8) is 0 Å². The lowest BCUT2D eigenvalue weighted by Crippen LogP contribution is -2.71. The standard InChI is InChI=1S/C8H16N2O2S/c1-2-3-13(11,12)10-6-8(7-10)4-9-5-8/h9H,2-7H2,1H3. The number of hydrogen-bond acceptors (Lipinski definition) is 3. The quantitative estimate of drug-likeness (QED) is 0.682. The largest absolute Gasteiger partial charge is 0.315 e. The summed E-state index contributed by atoms with van der Waals surface area (Å²) in [6, 6.07) is 0. The van der Waals surface area contributed by atoms with Crippen LogP contribution in [0.1, 0.15) is 13.3 Å². The summed E-state index contributed by atoms with van der Waals surface area (Å²) in [7, 11) is -2.92. The fraction of sp³-hybridized carbons (Fsp3) is 1.00. The van der Waals surface area contributed by atoms with Crippen molar-refractivity contribution in [2.45, 2.75) is 13.3 Å². The van der Waals surface area contributed by atoms with Crippen molar-refractivity contribution in [2.24, 2.45) is 5.41 Å². The topological polar surface area (TPSA) is 49.4 Å².